The molecule has 0 aromatic heterocycles. The van der Waals surface area contributed by atoms with Gasteiger partial charge in [0.1, 0.15) is 0 Å². The molecule has 1 N–H and O–H groups in total. The van der Waals surface area contributed by atoms with Gasteiger partial charge in [-0.3, -0.25) is 4.79 Å². The van der Waals surface area contributed by atoms with Crippen molar-refractivity contribution in [2.45, 2.75) is 46.0 Å². The molecule has 0 heterocycles. The van der Waals surface area contributed by atoms with E-state index in [4.69, 9.17) is 11.6 Å². The van der Waals surface area contributed by atoms with Gasteiger partial charge in [-0.1, -0.05) is 37.6 Å². The molecule has 0 spiro atoms. The summed E-state index contributed by atoms with van der Waals surface area (Å²) < 4.78 is 0. The van der Waals surface area contributed by atoms with Crippen molar-refractivity contribution in [1.82, 2.24) is 5.32 Å². The quantitative estimate of drug-likeness (QED) is 0.885. The molecule has 0 unspecified atom stereocenters. The summed E-state index contributed by atoms with van der Waals surface area (Å²) in [4.78, 5) is 12.1. The summed E-state index contributed by atoms with van der Waals surface area (Å²) in [6, 6.07) is 7.81. The van der Waals surface area contributed by atoms with E-state index in [1.807, 2.05) is 24.3 Å². The van der Waals surface area contributed by atoms with E-state index in [0.29, 0.717) is 12.0 Å². The zero-order valence-electron chi connectivity index (χ0n) is 12.4. The summed E-state index contributed by atoms with van der Waals surface area (Å²) in [5.41, 5.74) is 1.58. The first kappa shape index (κ1) is 15.4. The smallest absolute Gasteiger partial charge is 0.223 e. The monoisotopic (exact) mass is 293 g/mol. The van der Waals surface area contributed by atoms with Gasteiger partial charge in [0.25, 0.3) is 0 Å². The fourth-order valence-electron chi connectivity index (χ4n) is 2.83. The van der Waals surface area contributed by atoms with Crippen LogP contribution in [0.1, 0.15) is 45.1 Å². The molecule has 0 atom stereocenters. The van der Waals surface area contributed by atoms with E-state index in [-0.39, 0.29) is 11.8 Å². The van der Waals surface area contributed by atoms with Crippen LogP contribution >= 0.6 is 11.6 Å². The van der Waals surface area contributed by atoms with E-state index in [1.165, 1.54) is 5.56 Å². The molecular formula is C17H24ClNO. The first-order valence-electron chi connectivity index (χ1n) is 7.48. The van der Waals surface area contributed by atoms with Gasteiger partial charge >= 0.3 is 0 Å². The summed E-state index contributed by atoms with van der Waals surface area (Å²) in [6.07, 6.45) is 5.19. The second-order valence-corrected chi connectivity index (χ2v) is 7.05. The lowest BCUT2D eigenvalue weighted by Crippen LogP contribution is -2.35. The number of halogens is 1. The molecule has 0 bridgehead atoms. The fourth-order valence-corrected chi connectivity index (χ4v) is 3.04. The zero-order chi connectivity index (χ0) is 14.6. The van der Waals surface area contributed by atoms with Crippen LogP contribution in [0.25, 0.3) is 0 Å². The van der Waals surface area contributed by atoms with E-state index in [1.54, 1.807) is 0 Å². The highest BCUT2D eigenvalue weighted by Crippen LogP contribution is 2.37. The highest BCUT2D eigenvalue weighted by molar-refractivity contribution is 6.30. The number of carbonyl (C=O) groups is 1. The lowest BCUT2D eigenvalue weighted by Gasteiger charge is -2.33. The van der Waals surface area contributed by atoms with Crippen LogP contribution in [0.5, 0.6) is 0 Å². The van der Waals surface area contributed by atoms with Crippen molar-refractivity contribution in [2.24, 2.45) is 11.3 Å². The maximum Gasteiger partial charge on any atom is 0.223 e. The molecule has 110 valence electrons. The Morgan fingerprint density at radius 1 is 1.35 bits per heavy atom. The minimum absolute atomic E-state index is 0.211. The molecule has 1 fully saturated rings. The van der Waals surface area contributed by atoms with Crippen LogP contribution in [0.2, 0.25) is 5.02 Å². The molecule has 0 aliphatic heterocycles. The molecule has 2 nitrogen and oxygen atoms in total. The predicted molar refractivity (Wildman–Crippen MR) is 83.9 cm³/mol. The maximum atomic E-state index is 12.1. The Bertz CT molecular complexity index is 460. The summed E-state index contributed by atoms with van der Waals surface area (Å²) in [5, 5.41) is 3.82. The van der Waals surface area contributed by atoms with Crippen LogP contribution in [0.3, 0.4) is 0 Å². The summed E-state index contributed by atoms with van der Waals surface area (Å²) >= 11 is 5.95. The van der Waals surface area contributed by atoms with Gasteiger partial charge in [-0.25, -0.2) is 0 Å². The Labute approximate surface area is 126 Å². The molecule has 1 saturated carbocycles. The Kier molecular flexibility index (Phi) is 5.09. The number of hydrogen-bond acceptors (Lipinski definition) is 1. The minimum atomic E-state index is 0.211. The van der Waals surface area contributed by atoms with E-state index in [9.17, 15) is 4.79 Å². The van der Waals surface area contributed by atoms with Gasteiger partial charge < -0.3 is 5.32 Å². The van der Waals surface area contributed by atoms with E-state index < -0.39 is 0 Å². The highest BCUT2D eigenvalue weighted by Gasteiger charge is 2.30. The van der Waals surface area contributed by atoms with Crippen LogP contribution in [0, 0.1) is 11.3 Å². The SMILES string of the molecule is CC1(C)CCC(C(=O)NCCc2cccc(Cl)c2)CC1. The second kappa shape index (κ2) is 6.62. The van der Waals surface area contributed by atoms with Crippen molar-refractivity contribution in [2.75, 3.05) is 6.54 Å². The van der Waals surface area contributed by atoms with Crippen LogP contribution in [0.15, 0.2) is 24.3 Å². The topological polar surface area (TPSA) is 29.1 Å². The lowest BCUT2D eigenvalue weighted by molar-refractivity contribution is -0.126. The van der Waals surface area contributed by atoms with Crippen LogP contribution < -0.4 is 5.32 Å². The van der Waals surface area contributed by atoms with Gasteiger partial charge in [0.2, 0.25) is 5.91 Å². The zero-order valence-corrected chi connectivity index (χ0v) is 13.2. The molecular weight excluding hydrogens is 270 g/mol. The highest BCUT2D eigenvalue weighted by atomic mass is 35.5. The fraction of sp³-hybridized carbons (Fsp3) is 0.588. The third-order valence-corrected chi connectivity index (χ3v) is 4.55. The average Bonchev–Trinajstić information content (AvgIpc) is 2.38. The number of hydrogen-bond donors (Lipinski definition) is 1. The number of carbonyl (C=O) groups excluding carboxylic acids is 1. The Morgan fingerprint density at radius 3 is 2.70 bits per heavy atom. The van der Waals surface area contributed by atoms with Gasteiger partial charge in [0.15, 0.2) is 0 Å². The largest absolute Gasteiger partial charge is 0.356 e. The molecule has 1 aliphatic carbocycles. The summed E-state index contributed by atoms with van der Waals surface area (Å²) in [7, 11) is 0. The van der Waals surface area contributed by atoms with Crippen molar-refractivity contribution in [3.8, 4) is 0 Å². The third-order valence-electron chi connectivity index (χ3n) is 4.31. The van der Waals surface area contributed by atoms with Crippen molar-refractivity contribution < 1.29 is 4.79 Å². The van der Waals surface area contributed by atoms with E-state index in [2.05, 4.69) is 19.2 Å². The van der Waals surface area contributed by atoms with Crippen molar-refractivity contribution in [1.29, 1.82) is 0 Å². The molecule has 1 aliphatic rings. The first-order chi connectivity index (χ1) is 9.46. The molecule has 1 aromatic rings. The number of amides is 1. The van der Waals surface area contributed by atoms with Gasteiger partial charge in [0, 0.05) is 17.5 Å². The van der Waals surface area contributed by atoms with Gasteiger partial charge in [-0.15, -0.1) is 0 Å². The first-order valence-corrected chi connectivity index (χ1v) is 7.86. The molecule has 1 amide bonds. The van der Waals surface area contributed by atoms with Gasteiger partial charge in [-0.2, -0.15) is 0 Å². The van der Waals surface area contributed by atoms with Gasteiger partial charge in [-0.05, 0) is 55.2 Å². The summed E-state index contributed by atoms with van der Waals surface area (Å²) in [6.45, 7) is 5.28. The minimum Gasteiger partial charge on any atom is -0.356 e. The van der Waals surface area contributed by atoms with E-state index >= 15 is 0 Å². The maximum absolute atomic E-state index is 12.1. The average molecular weight is 294 g/mol. The van der Waals surface area contributed by atoms with Gasteiger partial charge in [0.05, 0.1) is 0 Å². The van der Waals surface area contributed by atoms with Crippen LogP contribution in [0.4, 0.5) is 0 Å². The number of nitrogens with one attached hydrogen (secondary N) is 1. The molecule has 3 heteroatoms. The van der Waals surface area contributed by atoms with Crippen molar-refractivity contribution in [3.05, 3.63) is 34.9 Å². The molecule has 1 aromatic carbocycles. The normalized spacial score (nSPS) is 18.8. The standard InChI is InChI=1S/C17H24ClNO/c1-17(2)9-6-14(7-10-17)16(20)19-11-8-13-4-3-5-15(18)12-13/h3-5,12,14H,6-11H2,1-2H3,(H,19,20). The number of benzene rings is 1. The van der Waals surface area contributed by atoms with Crippen molar-refractivity contribution in [3.63, 3.8) is 0 Å². The van der Waals surface area contributed by atoms with Crippen molar-refractivity contribution >= 4 is 17.5 Å². The summed E-state index contributed by atoms with van der Waals surface area (Å²) in [5.74, 6) is 0.435. The third kappa shape index (κ3) is 4.52. The predicted octanol–water partition coefficient (Wildman–Crippen LogP) is 4.22. The Balaban J connectivity index is 1.73. The Morgan fingerprint density at radius 2 is 2.05 bits per heavy atom. The number of rotatable bonds is 4. The lowest BCUT2D eigenvalue weighted by atomic mass is 9.73. The second-order valence-electron chi connectivity index (χ2n) is 6.61. The molecule has 0 saturated heterocycles. The van der Waals surface area contributed by atoms with E-state index in [0.717, 1.165) is 37.1 Å². The molecule has 0 radical (unpaired) electrons. The Hall–Kier alpha value is -1.02. The van der Waals surface area contributed by atoms with Crippen LogP contribution in [-0.4, -0.2) is 12.5 Å². The molecule has 20 heavy (non-hydrogen) atoms. The van der Waals surface area contributed by atoms with Crippen LogP contribution in [-0.2, 0) is 11.2 Å². The molecule has 2 rings (SSSR count).